The van der Waals surface area contributed by atoms with Gasteiger partial charge in [0.25, 0.3) is 0 Å². The molecule has 1 aliphatic rings. The van der Waals surface area contributed by atoms with Crippen LogP contribution in [-0.2, 0) is 6.42 Å². The lowest BCUT2D eigenvalue weighted by Crippen LogP contribution is -2.48. The summed E-state index contributed by atoms with van der Waals surface area (Å²) in [5, 5.41) is 3.64. The second-order valence-electron chi connectivity index (χ2n) is 5.16. The van der Waals surface area contributed by atoms with E-state index in [1.54, 1.807) is 0 Å². The zero-order valence-electron chi connectivity index (χ0n) is 10.5. The highest BCUT2D eigenvalue weighted by Gasteiger charge is 2.34. The van der Waals surface area contributed by atoms with E-state index in [0.717, 1.165) is 31.4 Å². The molecule has 0 spiro atoms. The van der Waals surface area contributed by atoms with Gasteiger partial charge in [-0.1, -0.05) is 5.16 Å². The van der Waals surface area contributed by atoms with Crippen LogP contribution in [0.2, 0.25) is 0 Å². The van der Waals surface area contributed by atoms with Crippen molar-refractivity contribution in [3.05, 3.63) is 35.5 Å². The fourth-order valence-electron chi connectivity index (χ4n) is 2.24. The van der Waals surface area contributed by atoms with Gasteiger partial charge in [-0.2, -0.15) is 4.98 Å². The van der Waals surface area contributed by atoms with Crippen molar-refractivity contribution in [2.45, 2.75) is 31.2 Å². The average Bonchev–Trinajstić information content (AvgIpc) is 2.82. The van der Waals surface area contributed by atoms with Gasteiger partial charge in [0.15, 0.2) is 17.5 Å². The van der Waals surface area contributed by atoms with Crippen molar-refractivity contribution < 1.29 is 17.7 Å². The molecule has 1 aliphatic carbocycles. The number of nitrogens with two attached hydrogens (primary N) is 1. The molecule has 2 N–H and O–H groups in total. The lowest BCUT2D eigenvalue weighted by atomic mass is 9.75. The van der Waals surface area contributed by atoms with Crippen molar-refractivity contribution in [1.29, 1.82) is 0 Å². The van der Waals surface area contributed by atoms with E-state index in [-0.39, 0.29) is 16.9 Å². The zero-order valence-corrected chi connectivity index (χ0v) is 10.5. The maximum absolute atomic E-state index is 13.1. The number of halogens is 3. The summed E-state index contributed by atoms with van der Waals surface area (Å²) in [6.07, 6.45) is 3.24. The van der Waals surface area contributed by atoms with Crippen molar-refractivity contribution in [1.82, 2.24) is 10.1 Å². The van der Waals surface area contributed by atoms with Crippen LogP contribution < -0.4 is 5.73 Å². The molecule has 3 rings (SSSR count). The minimum Gasteiger partial charge on any atom is -0.339 e. The zero-order chi connectivity index (χ0) is 14.3. The van der Waals surface area contributed by atoms with Crippen LogP contribution in [0, 0.1) is 17.5 Å². The standard InChI is InChI=1S/C13H12F3N3O/c14-8-4-7(5-9(15)11(8)16)12-18-10(20-19-12)6-13(17)2-1-3-13/h4-5H,1-3,6,17H2. The Morgan fingerprint density at radius 1 is 1.20 bits per heavy atom. The average molecular weight is 283 g/mol. The number of hydrogen-bond acceptors (Lipinski definition) is 4. The van der Waals surface area contributed by atoms with Gasteiger partial charge in [0.05, 0.1) is 0 Å². The molecule has 1 heterocycles. The summed E-state index contributed by atoms with van der Waals surface area (Å²) < 4.78 is 44.2. The second kappa shape index (κ2) is 4.59. The molecular weight excluding hydrogens is 271 g/mol. The van der Waals surface area contributed by atoms with E-state index in [1.807, 2.05) is 0 Å². The van der Waals surface area contributed by atoms with Crippen molar-refractivity contribution in [3.8, 4) is 11.4 Å². The molecule has 0 atom stereocenters. The van der Waals surface area contributed by atoms with Gasteiger partial charge in [0.1, 0.15) is 0 Å². The van der Waals surface area contributed by atoms with Gasteiger partial charge in [0, 0.05) is 17.5 Å². The fraction of sp³-hybridized carbons (Fsp3) is 0.385. The molecule has 106 valence electrons. The Bertz CT molecular complexity index is 629. The largest absolute Gasteiger partial charge is 0.339 e. The third-order valence-corrected chi connectivity index (χ3v) is 3.56. The molecule has 20 heavy (non-hydrogen) atoms. The first-order chi connectivity index (χ1) is 9.47. The van der Waals surface area contributed by atoms with E-state index in [9.17, 15) is 13.2 Å². The number of aromatic nitrogens is 2. The Balaban J connectivity index is 1.86. The maximum Gasteiger partial charge on any atom is 0.228 e. The lowest BCUT2D eigenvalue weighted by Gasteiger charge is -2.36. The summed E-state index contributed by atoms with van der Waals surface area (Å²) in [6.45, 7) is 0. The number of hydrogen-bond donors (Lipinski definition) is 1. The van der Waals surface area contributed by atoms with E-state index in [4.69, 9.17) is 10.3 Å². The predicted molar refractivity (Wildman–Crippen MR) is 64.1 cm³/mol. The van der Waals surface area contributed by atoms with Crippen molar-refractivity contribution in [3.63, 3.8) is 0 Å². The smallest absolute Gasteiger partial charge is 0.228 e. The molecule has 1 saturated carbocycles. The Morgan fingerprint density at radius 2 is 1.85 bits per heavy atom. The molecule has 1 aromatic heterocycles. The van der Waals surface area contributed by atoms with Crippen molar-refractivity contribution >= 4 is 0 Å². The monoisotopic (exact) mass is 283 g/mol. The Kier molecular flexibility index (Phi) is 3.01. The van der Waals surface area contributed by atoms with Crippen LogP contribution in [0.4, 0.5) is 13.2 Å². The van der Waals surface area contributed by atoms with E-state index >= 15 is 0 Å². The van der Waals surface area contributed by atoms with Crippen LogP contribution in [0.25, 0.3) is 11.4 Å². The van der Waals surface area contributed by atoms with E-state index in [1.165, 1.54) is 0 Å². The predicted octanol–water partition coefficient (Wildman–Crippen LogP) is 2.58. The van der Waals surface area contributed by atoms with Gasteiger partial charge in [0.2, 0.25) is 11.7 Å². The molecule has 1 aromatic carbocycles. The number of rotatable bonds is 3. The van der Waals surface area contributed by atoms with Crippen LogP contribution >= 0.6 is 0 Å². The van der Waals surface area contributed by atoms with E-state index < -0.39 is 17.5 Å². The number of nitrogens with zero attached hydrogens (tertiary/aromatic N) is 2. The molecule has 4 nitrogen and oxygen atoms in total. The first-order valence-corrected chi connectivity index (χ1v) is 6.23. The minimum atomic E-state index is -1.52. The summed E-state index contributed by atoms with van der Waals surface area (Å²) in [5.41, 5.74) is 5.75. The van der Waals surface area contributed by atoms with Crippen LogP contribution in [0.1, 0.15) is 25.2 Å². The maximum atomic E-state index is 13.1. The Labute approximate surface area is 112 Å². The third kappa shape index (κ3) is 2.29. The van der Waals surface area contributed by atoms with Crippen LogP contribution in [-0.4, -0.2) is 15.7 Å². The highest BCUT2D eigenvalue weighted by Crippen LogP contribution is 2.32. The van der Waals surface area contributed by atoms with Gasteiger partial charge in [-0.15, -0.1) is 0 Å². The second-order valence-corrected chi connectivity index (χ2v) is 5.16. The first kappa shape index (κ1) is 13.1. The van der Waals surface area contributed by atoms with Crippen LogP contribution in [0.5, 0.6) is 0 Å². The van der Waals surface area contributed by atoms with Crippen molar-refractivity contribution in [2.24, 2.45) is 5.73 Å². The molecule has 0 bridgehead atoms. The van der Waals surface area contributed by atoms with Crippen LogP contribution in [0.3, 0.4) is 0 Å². The molecule has 0 aliphatic heterocycles. The molecule has 1 fully saturated rings. The van der Waals surface area contributed by atoms with E-state index in [0.29, 0.717) is 12.3 Å². The number of benzene rings is 1. The SMILES string of the molecule is NC1(Cc2nc(-c3cc(F)c(F)c(F)c3)no2)CCC1. The molecular formula is C13H12F3N3O. The Hall–Kier alpha value is -1.89. The molecule has 2 aromatic rings. The lowest BCUT2D eigenvalue weighted by molar-refractivity contribution is 0.222. The van der Waals surface area contributed by atoms with Crippen LogP contribution in [0.15, 0.2) is 16.7 Å². The Morgan fingerprint density at radius 3 is 2.40 bits per heavy atom. The molecule has 0 saturated heterocycles. The fourth-order valence-corrected chi connectivity index (χ4v) is 2.24. The van der Waals surface area contributed by atoms with Gasteiger partial charge >= 0.3 is 0 Å². The first-order valence-electron chi connectivity index (χ1n) is 6.23. The summed E-state index contributed by atoms with van der Waals surface area (Å²) in [5.74, 6) is -3.78. The molecule has 0 radical (unpaired) electrons. The summed E-state index contributed by atoms with van der Waals surface area (Å²) >= 11 is 0. The normalized spacial score (nSPS) is 17.0. The summed E-state index contributed by atoms with van der Waals surface area (Å²) in [4.78, 5) is 4.05. The molecule has 0 unspecified atom stereocenters. The highest BCUT2D eigenvalue weighted by molar-refractivity contribution is 5.54. The topological polar surface area (TPSA) is 64.9 Å². The van der Waals surface area contributed by atoms with E-state index in [2.05, 4.69) is 10.1 Å². The van der Waals surface area contributed by atoms with Gasteiger partial charge < -0.3 is 10.3 Å². The summed E-state index contributed by atoms with van der Waals surface area (Å²) in [6, 6.07) is 1.66. The minimum absolute atomic E-state index is 0.0146. The van der Waals surface area contributed by atoms with Crippen molar-refractivity contribution in [2.75, 3.05) is 0 Å². The highest BCUT2D eigenvalue weighted by atomic mass is 19.2. The van der Waals surface area contributed by atoms with Gasteiger partial charge in [-0.25, -0.2) is 13.2 Å². The molecule has 7 heteroatoms. The summed E-state index contributed by atoms with van der Waals surface area (Å²) in [7, 11) is 0. The third-order valence-electron chi connectivity index (χ3n) is 3.56. The van der Waals surface area contributed by atoms with Gasteiger partial charge in [-0.05, 0) is 31.4 Å². The molecule has 0 amide bonds. The van der Waals surface area contributed by atoms with Gasteiger partial charge in [-0.3, -0.25) is 0 Å². The quantitative estimate of drug-likeness (QED) is 0.879.